The van der Waals surface area contributed by atoms with Crippen LogP contribution in [0, 0.1) is 0 Å². The molecule has 4 aromatic carbocycles. The highest BCUT2D eigenvalue weighted by molar-refractivity contribution is 8.00. The van der Waals surface area contributed by atoms with E-state index in [1.807, 2.05) is 24.3 Å². The number of sulfonamides is 2. The first-order valence-corrected chi connectivity index (χ1v) is 31.7. The number of nitrogens with one attached hydrogen (secondary N) is 3. The van der Waals surface area contributed by atoms with Crippen molar-refractivity contribution in [1.82, 2.24) is 19.7 Å². The molecular formula is C58H76N4O15S3. The fourth-order valence-corrected chi connectivity index (χ4v) is 13.0. The van der Waals surface area contributed by atoms with Gasteiger partial charge in [0.15, 0.2) is 0 Å². The summed E-state index contributed by atoms with van der Waals surface area (Å²) in [6, 6.07) is 24.9. The number of aryl methyl sites for hydroxylation is 1. The van der Waals surface area contributed by atoms with Crippen molar-refractivity contribution in [3.05, 3.63) is 106 Å². The summed E-state index contributed by atoms with van der Waals surface area (Å²) < 4.78 is 97.3. The number of methoxy groups -OCH3 is 2. The number of likely N-dealkylation sites (tertiary alicyclic amines) is 1. The van der Waals surface area contributed by atoms with Gasteiger partial charge >= 0.3 is 0 Å². The Morgan fingerprint density at radius 1 is 0.650 bits per heavy atom. The average molecular weight is 1170 g/mol. The number of amides is 3. The molecule has 1 saturated heterocycles. The minimum atomic E-state index is -3.70. The molecule has 0 aromatic heterocycles. The van der Waals surface area contributed by atoms with Crippen molar-refractivity contribution in [1.29, 1.82) is 0 Å². The highest BCUT2D eigenvalue weighted by atomic mass is 32.2. The second-order valence-electron chi connectivity index (χ2n) is 20.0. The van der Waals surface area contributed by atoms with Gasteiger partial charge in [-0.05, 0) is 110 Å². The molecule has 0 bridgehead atoms. The van der Waals surface area contributed by atoms with Crippen molar-refractivity contribution >= 4 is 56.0 Å². The number of hydrogen-bond acceptors (Lipinski definition) is 16. The van der Waals surface area contributed by atoms with Gasteiger partial charge in [0.05, 0.1) is 56.4 Å². The van der Waals surface area contributed by atoms with Gasteiger partial charge in [0.1, 0.15) is 18.8 Å². The molecule has 4 aromatic rings. The van der Waals surface area contributed by atoms with E-state index in [9.17, 15) is 36.0 Å². The van der Waals surface area contributed by atoms with Crippen LogP contribution in [0.4, 0.5) is 0 Å². The van der Waals surface area contributed by atoms with Gasteiger partial charge in [-0.1, -0.05) is 80.6 Å². The Morgan fingerprint density at radius 3 is 1.69 bits per heavy atom. The monoisotopic (exact) mass is 1160 g/mol. The molecular weight excluding hydrogens is 1090 g/mol. The molecule has 0 saturated carbocycles. The minimum absolute atomic E-state index is 0.0231. The van der Waals surface area contributed by atoms with Crippen molar-refractivity contribution < 1.29 is 69.2 Å². The van der Waals surface area contributed by atoms with Crippen LogP contribution in [0.25, 0.3) is 33.4 Å². The molecule has 22 heteroatoms. The molecule has 3 aliphatic rings. The Kier molecular flexibility index (Phi) is 23.6. The van der Waals surface area contributed by atoms with E-state index in [1.165, 1.54) is 27.8 Å². The Morgan fingerprint density at radius 2 is 1.15 bits per heavy atom. The number of imide groups is 1. The summed E-state index contributed by atoms with van der Waals surface area (Å²) in [6.07, 6.45) is 1.10. The van der Waals surface area contributed by atoms with Gasteiger partial charge in [0, 0.05) is 66.5 Å². The fourth-order valence-electron chi connectivity index (χ4n) is 10.3. The first kappa shape index (κ1) is 62.5. The van der Waals surface area contributed by atoms with Crippen LogP contribution in [-0.4, -0.2) is 162 Å². The lowest BCUT2D eigenvalue weighted by molar-refractivity contribution is -0.138. The van der Waals surface area contributed by atoms with Crippen LogP contribution in [0.15, 0.2) is 72.8 Å². The number of thioether (sulfide) groups is 1. The van der Waals surface area contributed by atoms with E-state index in [2.05, 4.69) is 77.1 Å². The number of benzene rings is 4. The maximum atomic E-state index is 13.2. The van der Waals surface area contributed by atoms with Crippen LogP contribution in [0.1, 0.15) is 97.0 Å². The minimum Gasteiger partial charge on any atom is -0.463 e. The summed E-state index contributed by atoms with van der Waals surface area (Å²) in [5, 5.41) is 2.45. The third-order valence-corrected chi connectivity index (χ3v) is 18.6. The molecule has 5 atom stereocenters. The van der Waals surface area contributed by atoms with Gasteiger partial charge in [-0.3, -0.25) is 24.1 Å². The Balaban J connectivity index is 1.17. The molecule has 3 amide bonds. The number of rotatable bonds is 35. The lowest BCUT2D eigenvalue weighted by Crippen LogP contribution is -2.38. The van der Waals surface area contributed by atoms with E-state index in [0.717, 1.165) is 55.6 Å². The van der Waals surface area contributed by atoms with Crippen molar-refractivity contribution in [2.75, 3.05) is 111 Å². The molecule has 19 nitrogen and oxygen atoms in total. The van der Waals surface area contributed by atoms with E-state index in [-0.39, 0.29) is 126 Å². The van der Waals surface area contributed by atoms with Crippen LogP contribution < -0.4 is 14.8 Å². The van der Waals surface area contributed by atoms with Crippen LogP contribution in [0.5, 0.6) is 0 Å². The molecule has 436 valence electrons. The summed E-state index contributed by atoms with van der Waals surface area (Å²) in [5.74, 6) is -0.855. The normalized spacial score (nSPS) is 18.6. The van der Waals surface area contributed by atoms with Crippen LogP contribution >= 0.6 is 11.8 Å². The molecule has 3 N–H and O–H groups in total. The van der Waals surface area contributed by atoms with Crippen molar-refractivity contribution in [2.45, 2.75) is 81.9 Å². The van der Waals surface area contributed by atoms with E-state index >= 15 is 0 Å². The van der Waals surface area contributed by atoms with Gasteiger partial charge in [0.25, 0.3) is 6.47 Å². The smallest absolute Gasteiger partial charge is 0.293 e. The zero-order valence-electron chi connectivity index (χ0n) is 46.3. The molecule has 7 rings (SSSR count). The topological polar surface area (TPSA) is 240 Å². The predicted molar refractivity (Wildman–Crippen MR) is 306 cm³/mol. The molecule has 0 spiro atoms. The summed E-state index contributed by atoms with van der Waals surface area (Å²) in [5.41, 5.74) is 11.6. The molecule has 0 radical (unpaired) electrons. The fraction of sp³-hybridized carbons (Fsp3) is 0.517. The summed E-state index contributed by atoms with van der Waals surface area (Å²) in [6.45, 7) is 7.38. The standard InChI is InChI=1S/C58H76N4O15S3/c1-39-40(2)50-34-43(11-15-46(50)45-14-9-42(33-49(39)45)37-75-38-63)44-12-16-48-47-13-8-41(10-17-54(64)59-18-21-62-55(65)36-53(78-5)58(62)66)32-51(47)56(76-22-6-30-79(67,68)60-19-24-73-28-26-71-3)57(52(48)35-44)77-23-7-31-80(69,70)61-20-25-74-29-27-72-4/h8-9,11-16,32-35,38-40,53,56-57,60-61H,6-7,10,17-31,36-37H2,1-5H3,(H,59,64). The third kappa shape index (κ3) is 16.8. The SMILES string of the molecule is COCCOCCNS(=O)(=O)CCCOC1c2cc(CCC(=O)NCCN3C(=O)CC(SC)C3=O)ccc2-c2ccc(-c3ccc4c(c3)C(C)C(C)c3cc(COC=O)ccc3-4)cc2C1OCCCS(=O)(=O)NCCOCCOC. The van der Waals surface area contributed by atoms with E-state index in [4.69, 9.17) is 33.2 Å². The van der Waals surface area contributed by atoms with Crippen LogP contribution in [0.3, 0.4) is 0 Å². The molecule has 1 heterocycles. The highest BCUT2D eigenvalue weighted by Gasteiger charge is 2.39. The second-order valence-corrected chi connectivity index (χ2v) is 24.9. The lowest BCUT2D eigenvalue weighted by atomic mass is 9.72. The van der Waals surface area contributed by atoms with Crippen LogP contribution in [0.2, 0.25) is 0 Å². The summed E-state index contributed by atoms with van der Waals surface area (Å²) in [4.78, 5) is 50.5. The lowest BCUT2D eigenvalue weighted by Gasteiger charge is -2.36. The van der Waals surface area contributed by atoms with Gasteiger partial charge in [0.2, 0.25) is 37.8 Å². The number of carbonyl (C=O) groups is 4. The number of fused-ring (bicyclic) bond motifs is 6. The number of hydrogen-bond donors (Lipinski definition) is 3. The molecule has 80 heavy (non-hydrogen) atoms. The number of ether oxygens (including phenoxy) is 7. The zero-order valence-corrected chi connectivity index (χ0v) is 48.8. The largest absolute Gasteiger partial charge is 0.463 e. The van der Waals surface area contributed by atoms with E-state index in [0.29, 0.717) is 39.3 Å². The van der Waals surface area contributed by atoms with Crippen LogP contribution in [-0.2, 0) is 85.4 Å². The maximum Gasteiger partial charge on any atom is 0.293 e. The zero-order chi connectivity index (χ0) is 57.2. The van der Waals surface area contributed by atoms with Gasteiger partial charge in [-0.25, -0.2) is 26.3 Å². The summed E-state index contributed by atoms with van der Waals surface area (Å²) in [7, 11) is -4.28. The first-order valence-electron chi connectivity index (χ1n) is 27.1. The van der Waals surface area contributed by atoms with Gasteiger partial charge in [-0.15, -0.1) is 0 Å². The van der Waals surface area contributed by atoms with Crippen molar-refractivity contribution in [3.63, 3.8) is 0 Å². The van der Waals surface area contributed by atoms with Gasteiger partial charge < -0.3 is 38.5 Å². The van der Waals surface area contributed by atoms with E-state index in [1.54, 1.807) is 20.5 Å². The first-order chi connectivity index (χ1) is 38.6. The Bertz CT molecular complexity index is 3000. The molecule has 2 aliphatic carbocycles. The highest BCUT2D eigenvalue weighted by Crippen LogP contribution is 2.51. The predicted octanol–water partition coefficient (Wildman–Crippen LogP) is 6.19. The maximum absolute atomic E-state index is 13.2. The third-order valence-electron chi connectivity index (χ3n) is 14.7. The summed E-state index contributed by atoms with van der Waals surface area (Å²) >= 11 is 1.34. The molecule has 1 fully saturated rings. The molecule has 1 aliphatic heterocycles. The average Bonchev–Trinajstić information content (AvgIpc) is 3.73. The molecule has 5 unspecified atom stereocenters. The Labute approximate surface area is 474 Å². The number of carbonyl (C=O) groups excluding carboxylic acids is 4. The second kappa shape index (κ2) is 30.3. The number of nitrogens with zero attached hydrogens (tertiary/aromatic N) is 1. The quantitative estimate of drug-likeness (QED) is 0.0264. The van der Waals surface area contributed by atoms with Crippen molar-refractivity contribution in [3.8, 4) is 33.4 Å². The van der Waals surface area contributed by atoms with Gasteiger partial charge in [-0.2, -0.15) is 11.8 Å². The van der Waals surface area contributed by atoms with Crippen molar-refractivity contribution in [2.24, 2.45) is 0 Å². The van der Waals surface area contributed by atoms with E-state index < -0.39 is 37.5 Å². The Hall–Kier alpha value is -5.11.